The summed E-state index contributed by atoms with van der Waals surface area (Å²) in [6.07, 6.45) is 4.52. The highest BCUT2D eigenvalue weighted by Crippen LogP contribution is 2.26. The van der Waals surface area contributed by atoms with E-state index in [1.165, 1.54) is 11.0 Å². The molecule has 31 heavy (non-hydrogen) atoms. The lowest BCUT2D eigenvalue weighted by Crippen LogP contribution is -2.34. The molecule has 1 saturated heterocycles. The number of nitrogens with zero attached hydrogens (tertiary/aromatic N) is 2. The van der Waals surface area contributed by atoms with Crippen LogP contribution in [0.4, 0.5) is 0 Å². The van der Waals surface area contributed by atoms with Crippen molar-refractivity contribution in [2.24, 2.45) is 5.92 Å². The van der Waals surface area contributed by atoms with Crippen molar-refractivity contribution in [3.63, 3.8) is 0 Å². The third-order valence-electron chi connectivity index (χ3n) is 4.91. The van der Waals surface area contributed by atoms with E-state index in [0.717, 1.165) is 12.2 Å². The fourth-order valence-electron chi connectivity index (χ4n) is 3.06. The summed E-state index contributed by atoms with van der Waals surface area (Å²) in [7, 11) is 0. The summed E-state index contributed by atoms with van der Waals surface area (Å²) in [5.41, 5.74) is 0.680. The molecule has 3 amide bonds. The zero-order valence-electron chi connectivity index (χ0n) is 18.5. The molecule has 0 aromatic rings. The second-order valence-corrected chi connectivity index (χ2v) is 9.09. The monoisotopic (exact) mass is 454 g/mol. The highest BCUT2D eigenvalue weighted by atomic mass is 32.2. The summed E-state index contributed by atoms with van der Waals surface area (Å²) in [6, 6.07) is 0. The van der Waals surface area contributed by atoms with Gasteiger partial charge in [0.1, 0.15) is 0 Å². The van der Waals surface area contributed by atoms with Gasteiger partial charge in [0.05, 0.1) is 51.4 Å². The van der Waals surface area contributed by atoms with E-state index in [4.69, 9.17) is 14.2 Å². The van der Waals surface area contributed by atoms with Gasteiger partial charge in [-0.05, 0) is 24.2 Å². The van der Waals surface area contributed by atoms with Gasteiger partial charge in [0.25, 0.3) is 5.91 Å². The van der Waals surface area contributed by atoms with Gasteiger partial charge in [0.15, 0.2) is 0 Å². The van der Waals surface area contributed by atoms with Gasteiger partial charge >= 0.3 is 0 Å². The number of rotatable bonds is 16. The van der Waals surface area contributed by atoms with Gasteiger partial charge in [-0.25, -0.2) is 0 Å². The van der Waals surface area contributed by atoms with Gasteiger partial charge in [-0.1, -0.05) is 20.4 Å². The molecule has 2 heterocycles. The molecule has 0 saturated carbocycles. The Morgan fingerprint density at radius 1 is 0.968 bits per heavy atom. The number of ether oxygens (including phenoxy) is 3. The number of allylic oxidation sites excluding steroid dienone is 1. The summed E-state index contributed by atoms with van der Waals surface area (Å²) < 4.78 is 16.4. The Labute approximate surface area is 188 Å². The molecule has 0 bridgehead atoms. The Morgan fingerprint density at radius 3 is 2.10 bits per heavy atom. The van der Waals surface area contributed by atoms with Crippen LogP contribution in [0.25, 0.3) is 0 Å². The molecule has 8 nitrogen and oxygen atoms in total. The van der Waals surface area contributed by atoms with E-state index in [2.05, 4.69) is 20.4 Å². The molecule has 2 rings (SSSR count). The maximum Gasteiger partial charge on any atom is 0.251 e. The lowest BCUT2D eigenvalue weighted by Gasteiger charge is -2.17. The maximum absolute atomic E-state index is 12.4. The van der Waals surface area contributed by atoms with E-state index in [1.807, 2.05) is 0 Å². The lowest BCUT2D eigenvalue weighted by atomic mass is 10.2. The van der Waals surface area contributed by atoms with Gasteiger partial charge in [0.2, 0.25) is 11.8 Å². The number of carbonyl (C=O) groups excluding carboxylic acids is 3. The van der Waals surface area contributed by atoms with Crippen molar-refractivity contribution in [3.8, 4) is 0 Å². The van der Waals surface area contributed by atoms with Crippen molar-refractivity contribution >= 4 is 29.5 Å². The molecule has 1 fully saturated rings. The van der Waals surface area contributed by atoms with Gasteiger partial charge in [-0.15, -0.1) is 11.8 Å². The summed E-state index contributed by atoms with van der Waals surface area (Å²) in [5, 5.41) is -0.243. The Bertz CT molecular complexity index is 648. The quantitative estimate of drug-likeness (QED) is 0.260. The van der Waals surface area contributed by atoms with Crippen LogP contribution in [0.1, 0.15) is 26.7 Å². The maximum atomic E-state index is 12.4. The van der Waals surface area contributed by atoms with Crippen molar-refractivity contribution < 1.29 is 28.6 Å². The normalized spacial score (nSPS) is 19.0. The molecule has 9 heteroatoms. The summed E-state index contributed by atoms with van der Waals surface area (Å²) >= 11 is 1.58. The van der Waals surface area contributed by atoms with Crippen LogP contribution in [0.15, 0.2) is 24.4 Å². The number of thioether (sulfide) groups is 1. The molecular formula is C22H34N2O6S. The van der Waals surface area contributed by atoms with E-state index in [1.54, 1.807) is 22.7 Å². The molecule has 0 N–H and O–H groups in total. The van der Waals surface area contributed by atoms with Gasteiger partial charge in [-0.2, -0.15) is 0 Å². The third kappa shape index (κ3) is 8.76. The van der Waals surface area contributed by atoms with Crippen LogP contribution in [-0.4, -0.2) is 91.3 Å². The zero-order chi connectivity index (χ0) is 22.6. The number of hydrogen-bond acceptors (Lipinski definition) is 7. The second kappa shape index (κ2) is 13.7. The van der Waals surface area contributed by atoms with Crippen LogP contribution in [0.3, 0.4) is 0 Å². The molecular weight excluding hydrogens is 420 g/mol. The average Bonchev–Trinajstić information content (AvgIpc) is 3.18. The largest absolute Gasteiger partial charge is 0.377 e. The fraction of sp³-hybridized carbons (Fsp3) is 0.682. The van der Waals surface area contributed by atoms with Crippen LogP contribution in [-0.2, 0) is 28.6 Å². The average molecular weight is 455 g/mol. The first-order valence-electron chi connectivity index (χ1n) is 10.8. The molecule has 0 radical (unpaired) electrons. The standard InChI is InChI=1S/C22H34N2O6S/c1-17(2)6-15-31-19-16-21(26)24(22(19)27)8-10-29-12-14-30-13-11-28-9-7-23-18(3)4-5-20(23)25/h4-5,17,19H,3,6-16H2,1-2H3. The number of likely N-dealkylation sites (tertiary alicyclic amines) is 1. The minimum atomic E-state index is -0.243. The second-order valence-electron chi connectivity index (χ2n) is 7.78. The van der Waals surface area contributed by atoms with E-state index in [9.17, 15) is 14.4 Å². The summed E-state index contributed by atoms with van der Waals surface area (Å²) in [4.78, 5) is 38.8. The number of amides is 3. The molecule has 0 aromatic heterocycles. The highest BCUT2D eigenvalue weighted by Gasteiger charge is 2.38. The minimum Gasteiger partial charge on any atom is -0.377 e. The van der Waals surface area contributed by atoms with E-state index in [-0.39, 0.29) is 29.5 Å². The SMILES string of the molecule is C=C1C=CC(=O)N1CCOCCOCCOCCN1C(=O)CC(SCCC(C)C)C1=O. The number of imide groups is 1. The molecule has 174 valence electrons. The van der Waals surface area contributed by atoms with Crippen molar-refractivity contribution in [1.29, 1.82) is 0 Å². The Morgan fingerprint density at radius 2 is 1.55 bits per heavy atom. The topological polar surface area (TPSA) is 85.4 Å². The molecule has 0 aliphatic carbocycles. The summed E-state index contributed by atoms with van der Waals surface area (Å²) in [5.74, 6) is 1.22. The Balaban J connectivity index is 1.43. The smallest absolute Gasteiger partial charge is 0.251 e. The zero-order valence-corrected chi connectivity index (χ0v) is 19.4. The summed E-state index contributed by atoms with van der Waals surface area (Å²) in [6.45, 7) is 11.2. The van der Waals surface area contributed by atoms with Crippen molar-refractivity contribution in [3.05, 3.63) is 24.4 Å². The minimum absolute atomic E-state index is 0.0697. The van der Waals surface area contributed by atoms with Crippen LogP contribution in [0.5, 0.6) is 0 Å². The van der Waals surface area contributed by atoms with E-state index in [0.29, 0.717) is 64.2 Å². The Hall–Kier alpha value is -1.68. The van der Waals surface area contributed by atoms with Gasteiger partial charge < -0.3 is 19.1 Å². The van der Waals surface area contributed by atoms with Crippen molar-refractivity contribution in [1.82, 2.24) is 9.80 Å². The van der Waals surface area contributed by atoms with Crippen LogP contribution >= 0.6 is 11.8 Å². The number of carbonyl (C=O) groups is 3. The highest BCUT2D eigenvalue weighted by molar-refractivity contribution is 8.00. The van der Waals surface area contributed by atoms with Crippen molar-refractivity contribution in [2.75, 3.05) is 58.5 Å². The van der Waals surface area contributed by atoms with Crippen LogP contribution in [0.2, 0.25) is 0 Å². The molecule has 2 aliphatic heterocycles. The lowest BCUT2D eigenvalue weighted by molar-refractivity contribution is -0.139. The van der Waals surface area contributed by atoms with Crippen LogP contribution in [0, 0.1) is 5.92 Å². The predicted molar refractivity (Wildman–Crippen MR) is 119 cm³/mol. The van der Waals surface area contributed by atoms with Gasteiger partial charge in [-0.3, -0.25) is 19.3 Å². The molecule has 2 aliphatic rings. The van der Waals surface area contributed by atoms with Crippen molar-refractivity contribution in [2.45, 2.75) is 31.9 Å². The molecule has 0 spiro atoms. The number of hydrogen-bond donors (Lipinski definition) is 0. The van der Waals surface area contributed by atoms with Crippen LogP contribution < -0.4 is 0 Å². The first kappa shape index (κ1) is 25.6. The fourth-order valence-corrected chi connectivity index (χ4v) is 4.48. The Kier molecular flexibility index (Phi) is 11.3. The van der Waals surface area contributed by atoms with E-state index < -0.39 is 0 Å². The predicted octanol–water partition coefficient (Wildman–Crippen LogP) is 1.86. The van der Waals surface area contributed by atoms with Gasteiger partial charge in [0, 0.05) is 24.7 Å². The third-order valence-corrected chi connectivity index (χ3v) is 6.15. The first-order valence-corrected chi connectivity index (χ1v) is 11.8. The first-order chi connectivity index (χ1) is 14.9. The van der Waals surface area contributed by atoms with E-state index >= 15 is 0 Å². The molecule has 0 aromatic carbocycles. The molecule has 1 unspecified atom stereocenters. The molecule has 1 atom stereocenters.